The highest BCUT2D eigenvalue weighted by molar-refractivity contribution is 6.31. The van der Waals surface area contributed by atoms with E-state index in [2.05, 4.69) is 10.3 Å². The maximum absolute atomic E-state index is 12.2. The van der Waals surface area contributed by atoms with Gasteiger partial charge in [-0.25, -0.2) is 0 Å². The molecular weight excluding hydrogens is 368 g/mol. The molecule has 3 aromatic carbocycles. The molecule has 4 aromatic rings. The Bertz CT molecular complexity index is 1170. The number of benzene rings is 3. The molecule has 0 atom stereocenters. The van der Waals surface area contributed by atoms with Crippen LogP contribution >= 0.6 is 11.6 Å². The highest BCUT2D eigenvalue weighted by Crippen LogP contribution is 2.27. The number of ketones is 1. The zero-order valence-corrected chi connectivity index (χ0v) is 15.7. The summed E-state index contributed by atoms with van der Waals surface area (Å²) < 4.78 is 0. The van der Waals surface area contributed by atoms with Crippen molar-refractivity contribution in [2.24, 2.45) is 0 Å². The van der Waals surface area contributed by atoms with Gasteiger partial charge in [0.15, 0.2) is 5.78 Å². The molecule has 0 fully saturated rings. The lowest BCUT2D eigenvalue weighted by Crippen LogP contribution is -1.94. The van der Waals surface area contributed by atoms with Gasteiger partial charge in [0.2, 0.25) is 0 Å². The third-order valence-electron chi connectivity index (χ3n) is 4.36. The largest absolute Gasteiger partial charge is 0.355 e. The van der Waals surface area contributed by atoms with Crippen LogP contribution in [0, 0.1) is 0 Å². The van der Waals surface area contributed by atoms with Crippen LogP contribution < -0.4 is 5.32 Å². The van der Waals surface area contributed by atoms with E-state index in [9.17, 15) is 4.79 Å². The number of hydrogen-bond acceptors (Lipinski definition) is 3. The van der Waals surface area contributed by atoms with Gasteiger partial charge in [-0.15, -0.1) is 0 Å². The third kappa shape index (κ3) is 4.11. The second-order valence-electron chi connectivity index (χ2n) is 6.33. The van der Waals surface area contributed by atoms with E-state index >= 15 is 0 Å². The van der Waals surface area contributed by atoms with E-state index in [-0.39, 0.29) is 5.78 Å². The molecule has 0 aliphatic heterocycles. The minimum Gasteiger partial charge on any atom is -0.355 e. The maximum atomic E-state index is 12.2. The van der Waals surface area contributed by atoms with Crippen molar-refractivity contribution < 1.29 is 4.79 Å². The number of fused-ring (bicyclic) bond motifs is 1. The number of nitrogens with zero attached hydrogens (tertiary/aromatic N) is 1. The molecule has 0 bridgehead atoms. The minimum absolute atomic E-state index is 0.0176. The van der Waals surface area contributed by atoms with E-state index in [1.165, 1.54) is 0 Å². The van der Waals surface area contributed by atoms with Gasteiger partial charge in [-0.1, -0.05) is 60.1 Å². The van der Waals surface area contributed by atoms with Gasteiger partial charge in [0.25, 0.3) is 0 Å². The smallest absolute Gasteiger partial charge is 0.185 e. The Morgan fingerprint density at radius 2 is 1.79 bits per heavy atom. The zero-order valence-electron chi connectivity index (χ0n) is 15.0. The zero-order chi connectivity index (χ0) is 19.3. The summed E-state index contributed by atoms with van der Waals surface area (Å²) in [6, 6.07) is 24.7. The van der Waals surface area contributed by atoms with Crippen LogP contribution in [-0.4, -0.2) is 10.8 Å². The topological polar surface area (TPSA) is 42.0 Å². The number of allylic oxidation sites excluding steroid dienone is 1. The number of aromatic nitrogens is 1. The van der Waals surface area contributed by atoms with Gasteiger partial charge >= 0.3 is 0 Å². The summed E-state index contributed by atoms with van der Waals surface area (Å²) in [5.41, 5.74) is 4.33. The average molecular weight is 385 g/mol. The van der Waals surface area contributed by atoms with Gasteiger partial charge in [0.05, 0.1) is 5.52 Å². The van der Waals surface area contributed by atoms with Crippen LogP contribution in [0.25, 0.3) is 17.0 Å². The van der Waals surface area contributed by atoms with Crippen molar-refractivity contribution >= 4 is 45.7 Å². The number of carbonyl (C=O) groups is 1. The molecule has 0 unspecified atom stereocenters. The van der Waals surface area contributed by atoms with Crippen LogP contribution in [0.3, 0.4) is 0 Å². The molecule has 0 aliphatic rings. The first-order chi connectivity index (χ1) is 13.7. The summed E-state index contributed by atoms with van der Waals surface area (Å²) >= 11 is 6.06. The summed E-state index contributed by atoms with van der Waals surface area (Å²) in [6.07, 6.45) is 5.17. The molecule has 4 heteroatoms. The standard InChI is InChI=1S/C24H17ClN2O/c25-19-10-11-21-22(13-14-26-23(21)16-19)27-20-8-4-5-17(15-20)9-12-24(28)18-6-2-1-3-7-18/h1-16H,(H,26,27)/b12-9+. The Kier molecular flexibility index (Phi) is 5.18. The summed E-state index contributed by atoms with van der Waals surface area (Å²) in [5.74, 6) is -0.0176. The normalized spacial score (nSPS) is 11.0. The average Bonchev–Trinajstić information content (AvgIpc) is 2.73. The second kappa shape index (κ2) is 8.07. The predicted octanol–water partition coefficient (Wildman–Crippen LogP) is 6.53. The fourth-order valence-electron chi connectivity index (χ4n) is 2.98. The van der Waals surface area contributed by atoms with Crippen molar-refractivity contribution in [1.29, 1.82) is 0 Å². The molecule has 28 heavy (non-hydrogen) atoms. The van der Waals surface area contributed by atoms with Gasteiger partial charge < -0.3 is 5.32 Å². The molecule has 1 aromatic heterocycles. The summed E-state index contributed by atoms with van der Waals surface area (Å²) in [7, 11) is 0. The highest BCUT2D eigenvalue weighted by Gasteiger charge is 2.04. The first kappa shape index (κ1) is 18.0. The van der Waals surface area contributed by atoms with Crippen LogP contribution in [0.4, 0.5) is 11.4 Å². The van der Waals surface area contributed by atoms with Crippen molar-refractivity contribution in [1.82, 2.24) is 4.98 Å². The van der Waals surface area contributed by atoms with E-state index in [0.29, 0.717) is 10.6 Å². The predicted molar refractivity (Wildman–Crippen MR) is 116 cm³/mol. The number of carbonyl (C=O) groups excluding carboxylic acids is 1. The van der Waals surface area contributed by atoms with Crippen molar-refractivity contribution in [3.05, 3.63) is 107 Å². The molecule has 0 saturated carbocycles. The highest BCUT2D eigenvalue weighted by atomic mass is 35.5. The fourth-order valence-corrected chi connectivity index (χ4v) is 3.14. The number of anilines is 2. The van der Waals surface area contributed by atoms with Crippen LogP contribution in [0.15, 0.2) is 91.1 Å². The van der Waals surface area contributed by atoms with E-state index in [1.807, 2.05) is 84.9 Å². The molecule has 0 saturated heterocycles. The van der Waals surface area contributed by atoms with Crippen LogP contribution in [0.2, 0.25) is 5.02 Å². The first-order valence-electron chi connectivity index (χ1n) is 8.88. The Morgan fingerprint density at radius 3 is 2.64 bits per heavy atom. The van der Waals surface area contributed by atoms with E-state index in [0.717, 1.165) is 27.8 Å². The Labute approximate surface area is 168 Å². The third-order valence-corrected chi connectivity index (χ3v) is 4.59. The van der Waals surface area contributed by atoms with Gasteiger partial charge in [-0.2, -0.15) is 0 Å². The minimum atomic E-state index is -0.0176. The Morgan fingerprint density at radius 1 is 0.929 bits per heavy atom. The molecule has 0 radical (unpaired) electrons. The number of hydrogen-bond donors (Lipinski definition) is 1. The Balaban J connectivity index is 1.56. The van der Waals surface area contributed by atoms with Crippen molar-refractivity contribution in [2.75, 3.05) is 5.32 Å². The van der Waals surface area contributed by atoms with Gasteiger partial charge in [-0.3, -0.25) is 9.78 Å². The number of nitrogens with one attached hydrogen (secondary N) is 1. The lowest BCUT2D eigenvalue weighted by atomic mass is 10.1. The lowest BCUT2D eigenvalue weighted by molar-refractivity contribution is 0.104. The molecule has 0 aliphatic carbocycles. The molecule has 4 rings (SSSR count). The van der Waals surface area contributed by atoms with Crippen LogP contribution in [0.1, 0.15) is 15.9 Å². The van der Waals surface area contributed by atoms with Crippen LogP contribution in [0.5, 0.6) is 0 Å². The van der Waals surface area contributed by atoms with Gasteiger partial charge in [-0.05, 0) is 48.0 Å². The molecular formula is C24H17ClN2O. The van der Waals surface area contributed by atoms with Crippen molar-refractivity contribution in [2.45, 2.75) is 0 Å². The molecule has 3 nitrogen and oxygen atoms in total. The molecule has 0 amide bonds. The van der Waals surface area contributed by atoms with Gasteiger partial charge in [0.1, 0.15) is 0 Å². The van der Waals surface area contributed by atoms with E-state index in [4.69, 9.17) is 11.6 Å². The molecule has 1 heterocycles. The van der Waals surface area contributed by atoms with E-state index < -0.39 is 0 Å². The second-order valence-corrected chi connectivity index (χ2v) is 6.77. The number of pyridine rings is 1. The molecule has 0 spiro atoms. The lowest BCUT2D eigenvalue weighted by Gasteiger charge is -2.10. The van der Waals surface area contributed by atoms with Gasteiger partial charge in [0, 0.05) is 33.5 Å². The van der Waals surface area contributed by atoms with Crippen molar-refractivity contribution in [3.63, 3.8) is 0 Å². The summed E-state index contributed by atoms with van der Waals surface area (Å²) in [4.78, 5) is 16.6. The molecule has 136 valence electrons. The quantitative estimate of drug-likeness (QED) is 0.314. The number of halogens is 1. The van der Waals surface area contributed by atoms with Crippen LogP contribution in [-0.2, 0) is 0 Å². The van der Waals surface area contributed by atoms with E-state index in [1.54, 1.807) is 12.3 Å². The maximum Gasteiger partial charge on any atom is 0.185 e. The first-order valence-corrected chi connectivity index (χ1v) is 9.26. The Hall–Kier alpha value is -3.43. The molecule has 1 N–H and O–H groups in total. The summed E-state index contributed by atoms with van der Waals surface area (Å²) in [6.45, 7) is 0. The summed E-state index contributed by atoms with van der Waals surface area (Å²) in [5, 5.41) is 5.08. The van der Waals surface area contributed by atoms with Crippen molar-refractivity contribution in [3.8, 4) is 0 Å². The SMILES string of the molecule is O=C(/C=C/c1cccc(Nc2ccnc3cc(Cl)ccc23)c1)c1ccccc1. The fraction of sp³-hybridized carbons (Fsp3) is 0. The monoisotopic (exact) mass is 384 g/mol. The number of rotatable bonds is 5.